The number of alkyl halides is 1. The Morgan fingerprint density at radius 1 is 1.15 bits per heavy atom. The zero-order valence-electron chi connectivity index (χ0n) is 18.7. The quantitative estimate of drug-likeness (QED) is 0.260. The second kappa shape index (κ2) is 9.59. The monoisotopic (exact) mass is 490 g/mol. The number of hydrogen-bond donors (Lipinski definition) is 5. The third-order valence-corrected chi connectivity index (χ3v) is 9.73. The normalized spacial score (nSPS) is 39.7. The van der Waals surface area contributed by atoms with E-state index in [4.69, 9.17) is 10.5 Å². The Morgan fingerprint density at radius 2 is 1.91 bits per heavy atom. The molecule has 6 N–H and O–H groups in total. The molecule has 188 valence electrons. The average molecular weight is 491 g/mol. The fourth-order valence-electron chi connectivity index (χ4n) is 5.57. The highest BCUT2D eigenvalue weighted by Gasteiger charge is 2.48. The zero-order chi connectivity index (χ0) is 23.2. The van der Waals surface area contributed by atoms with Crippen LogP contribution in [0.1, 0.15) is 6.42 Å². The summed E-state index contributed by atoms with van der Waals surface area (Å²) in [6.07, 6.45) is -1.08. The van der Waals surface area contributed by atoms with Gasteiger partial charge >= 0.3 is 0 Å². The number of ether oxygens (including phenoxy) is 1. The van der Waals surface area contributed by atoms with Crippen molar-refractivity contribution < 1.29 is 22.3 Å². The average Bonchev–Trinajstić information content (AvgIpc) is 3.07. The summed E-state index contributed by atoms with van der Waals surface area (Å²) in [6, 6.07) is -0.00322. The highest BCUT2D eigenvalue weighted by Crippen LogP contribution is 2.24. The molecule has 5 fully saturated rings. The first-order valence-electron chi connectivity index (χ1n) is 11.8. The number of amides is 1. The third-order valence-electron chi connectivity index (χ3n) is 7.53. The minimum absolute atomic E-state index is 0.114. The summed E-state index contributed by atoms with van der Waals surface area (Å²) in [5, 5.41) is 10.9. The van der Waals surface area contributed by atoms with Crippen LogP contribution in [-0.2, 0) is 19.6 Å². The summed E-state index contributed by atoms with van der Waals surface area (Å²) in [7, 11) is -3.30. The van der Waals surface area contributed by atoms with Crippen molar-refractivity contribution in [1.29, 1.82) is 0 Å². The number of fused-ring (bicyclic) bond motifs is 1. The van der Waals surface area contributed by atoms with E-state index < -0.39 is 33.5 Å². The molecule has 1 amide bonds. The van der Waals surface area contributed by atoms with Crippen molar-refractivity contribution in [2.75, 3.05) is 65.6 Å². The van der Waals surface area contributed by atoms with E-state index in [1.54, 1.807) is 9.31 Å². The van der Waals surface area contributed by atoms with Gasteiger partial charge in [0.1, 0.15) is 11.4 Å². The summed E-state index contributed by atoms with van der Waals surface area (Å²) < 4.78 is 45.7. The van der Waals surface area contributed by atoms with E-state index in [2.05, 4.69) is 26.3 Å². The number of hydrazine groups is 1. The molecule has 0 aromatic carbocycles. The summed E-state index contributed by atoms with van der Waals surface area (Å²) in [4.78, 5) is 15.5. The van der Waals surface area contributed by atoms with Crippen molar-refractivity contribution in [3.05, 3.63) is 0 Å². The van der Waals surface area contributed by atoms with Crippen LogP contribution >= 0.6 is 0 Å². The van der Waals surface area contributed by atoms with Crippen molar-refractivity contribution in [3.8, 4) is 0 Å². The number of carbonyl (C=O) groups is 1. The van der Waals surface area contributed by atoms with Crippen LogP contribution in [0.15, 0.2) is 0 Å². The van der Waals surface area contributed by atoms with Crippen LogP contribution in [0.25, 0.3) is 0 Å². The van der Waals surface area contributed by atoms with E-state index in [0.717, 1.165) is 13.0 Å². The summed E-state index contributed by atoms with van der Waals surface area (Å²) in [6.45, 7) is 4.60. The molecular weight excluding hydrogens is 455 g/mol. The third kappa shape index (κ3) is 4.65. The SMILES string of the molecule is NC1NN2CC(F)CNC2C1C(=O)NC1CNCCC1N1CCN(S(=O)(=O)C2COC2)CC1. The lowest BCUT2D eigenvalue weighted by Crippen LogP contribution is -2.65. The van der Waals surface area contributed by atoms with Gasteiger partial charge in [0.15, 0.2) is 0 Å². The minimum Gasteiger partial charge on any atom is -0.378 e. The number of carbonyl (C=O) groups excluding carboxylic acids is 1. The molecule has 5 rings (SSSR count). The fourth-order valence-corrected chi connectivity index (χ4v) is 7.20. The second-order valence-corrected chi connectivity index (χ2v) is 11.8. The number of piperazine rings is 1. The summed E-state index contributed by atoms with van der Waals surface area (Å²) in [5.74, 6) is -0.691. The molecule has 5 aliphatic rings. The molecule has 0 bridgehead atoms. The van der Waals surface area contributed by atoms with Crippen LogP contribution in [0.3, 0.4) is 0 Å². The fraction of sp³-hybridized carbons (Fsp3) is 0.947. The number of sulfonamides is 1. The standard InChI is InChI=1S/C19H35FN8O4S/c20-12-7-23-18-16(17(21)25-28(18)9-12)19(29)24-14-8-22-2-1-15(14)26-3-5-27(6-4-26)33(30,31)13-10-32-11-13/h12-18,22-23,25H,1-11,21H2,(H,24,29). The first kappa shape index (κ1) is 23.8. The van der Waals surface area contributed by atoms with Gasteiger partial charge < -0.3 is 21.1 Å². The lowest BCUT2D eigenvalue weighted by molar-refractivity contribution is -0.128. The summed E-state index contributed by atoms with van der Waals surface area (Å²) >= 11 is 0. The Bertz CT molecular complexity index is 825. The highest BCUT2D eigenvalue weighted by molar-refractivity contribution is 7.89. The molecule has 6 unspecified atom stereocenters. The van der Waals surface area contributed by atoms with Gasteiger partial charge in [-0.1, -0.05) is 0 Å². The van der Waals surface area contributed by atoms with Crippen LogP contribution in [0.4, 0.5) is 4.39 Å². The molecule has 0 spiro atoms. The van der Waals surface area contributed by atoms with Gasteiger partial charge in [-0.25, -0.2) is 23.2 Å². The molecule has 0 aromatic heterocycles. The van der Waals surface area contributed by atoms with Crippen LogP contribution in [0, 0.1) is 5.92 Å². The highest BCUT2D eigenvalue weighted by atomic mass is 32.2. The number of hydrogen-bond acceptors (Lipinski definition) is 10. The molecule has 0 aromatic rings. The van der Waals surface area contributed by atoms with Crippen molar-refractivity contribution in [3.63, 3.8) is 0 Å². The first-order valence-corrected chi connectivity index (χ1v) is 13.3. The van der Waals surface area contributed by atoms with Gasteiger partial charge in [-0.05, 0) is 13.0 Å². The van der Waals surface area contributed by atoms with Gasteiger partial charge in [0.2, 0.25) is 15.9 Å². The number of nitrogens with one attached hydrogen (secondary N) is 4. The van der Waals surface area contributed by atoms with E-state index in [9.17, 15) is 17.6 Å². The Kier molecular flexibility index (Phi) is 6.90. The maximum absolute atomic E-state index is 13.7. The first-order chi connectivity index (χ1) is 15.8. The van der Waals surface area contributed by atoms with Gasteiger partial charge in [-0.2, -0.15) is 4.31 Å². The minimum atomic E-state index is -3.30. The molecule has 33 heavy (non-hydrogen) atoms. The molecule has 5 saturated heterocycles. The predicted molar refractivity (Wildman–Crippen MR) is 118 cm³/mol. The van der Waals surface area contributed by atoms with Crippen molar-refractivity contribution >= 4 is 15.9 Å². The van der Waals surface area contributed by atoms with Crippen molar-refractivity contribution in [1.82, 2.24) is 35.6 Å². The molecule has 0 saturated carbocycles. The molecule has 5 aliphatic heterocycles. The van der Waals surface area contributed by atoms with Crippen LogP contribution in [0.5, 0.6) is 0 Å². The van der Waals surface area contributed by atoms with E-state index >= 15 is 0 Å². The number of nitrogens with two attached hydrogens (primary N) is 1. The second-order valence-electron chi connectivity index (χ2n) is 9.60. The molecule has 6 atom stereocenters. The maximum Gasteiger partial charge on any atom is 0.229 e. The van der Waals surface area contributed by atoms with E-state index in [1.807, 2.05) is 0 Å². The number of halogens is 1. The smallest absolute Gasteiger partial charge is 0.229 e. The van der Waals surface area contributed by atoms with Crippen molar-refractivity contribution in [2.24, 2.45) is 11.7 Å². The van der Waals surface area contributed by atoms with Crippen LogP contribution in [-0.4, -0.2) is 130 Å². The van der Waals surface area contributed by atoms with E-state index in [1.165, 1.54) is 0 Å². The van der Waals surface area contributed by atoms with E-state index in [0.29, 0.717) is 32.7 Å². The molecular formula is C19H35FN8O4S. The maximum atomic E-state index is 13.7. The number of rotatable bonds is 5. The molecule has 14 heteroatoms. The van der Waals surface area contributed by atoms with Gasteiger partial charge in [0, 0.05) is 51.9 Å². The Labute approximate surface area is 193 Å². The van der Waals surface area contributed by atoms with Crippen LogP contribution in [0.2, 0.25) is 0 Å². The Balaban J connectivity index is 1.19. The number of nitrogens with zero attached hydrogens (tertiary/aromatic N) is 3. The Hall–Kier alpha value is -0.970. The summed E-state index contributed by atoms with van der Waals surface area (Å²) in [5.41, 5.74) is 9.21. The van der Waals surface area contributed by atoms with E-state index in [-0.39, 0.29) is 50.5 Å². The molecule has 0 radical (unpaired) electrons. The predicted octanol–water partition coefficient (Wildman–Crippen LogP) is -3.83. The lowest BCUT2D eigenvalue weighted by atomic mass is 9.96. The van der Waals surface area contributed by atoms with Gasteiger partial charge in [0.25, 0.3) is 0 Å². The largest absolute Gasteiger partial charge is 0.378 e. The van der Waals surface area contributed by atoms with Crippen molar-refractivity contribution in [2.45, 2.75) is 42.3 Å². The van der Waals surface area contributed by atoms with Gasteiger partial charge in [-0.15, -0.1) is 0 Å². The zero-order valence-corrected chi connectivity index (χ0v) is 19.5. The number of piperidine rings is 1. The van der Waals surface area contributed by atoms with Crippen LogP contribution < -0.4 is 27.1 Å². The molecule has 12 nitrogen and oxygen atoms in total. The van der Waals surface area contributed by atoms with Gasteiger partial charge in [0.05, 0.1) is 37.5 Å². The molecule has 5 heterocycles. The van der Waals surface area contributed by atoms with Gasteiger partial charge in [-0.3, -0.25) is 15.0 Å². The topological polar surface area (TPSA) is 144 Å². The lowest BCUT2D eigenvalue weighted by Gasteiger charge is -2.45. The molecule has 0 aliphatic carbocycles. The Morgan fingerprint density at radius 3 is 2.61 bits per heavy atom.